The number of anilines is 2. The fourth-order valence-corrected chi connectivity index (χ4v) is 8.87. The average Bonchev–Trinajstić information content (AvgIpc) is 3.13. The molecule has 3 rings (SSSR count). The van der Waals surface area contributed by atoms with Crippen LogP contribution in [-0.2, 0) is 14.6 Å². The maximum Gasteiger partial charge on any atom is 0.224 e. The van der Waals surface area contributed by atoms with Gasteiger partial charge in [-0.15, -0.1) is 0 Å². The second-order valence-corrected chi connectivity index (χ2v) is 15.6. The topological polar surface area (TPSA) is 180 Å². The molecule has 0 aliphatic carbocycles. The summed E-state index contributed by atoms with van der Waals surface area (Å²) in [5.41, 5.74) is 1.84. The van der Waals surface area contributed by atoms with Crippen LogP contribution in [0.3, 0.4) is 0 Å². The number of aliphatic hydroxyl groups is 5. The number of carbonyl (C=O) groups is 1. The van der Waals surface area contributed by atoms with Crippen LogP contribution >= 0.6 is 0 Å². The number of nitrogens with one attached hydrogen (secondary N) is 2. The van der Waals surface area contributed by atoms with Crippen molar-refractivity contribution in [1.29, 1.82) is 0 Å². The van der Waals surface area contributed by atoms with E-state index in [1.54, 1.807) is 25.1 Å². The maximum atomic E-state index is 13.9. The van der Waals surface area contributed by atoms with Crippen molar-refractivity contribution in [2.75, 3.05) is 49.8 Å². The molecule has 7 N–H and O–H groups in total. The van der Waals surface area contributed by atoms with E-state index in [0.29, 0.717) is 43.5 Å². The molecule has 12 heteroatoms. The number of nitrogens with zero attached hydrogens (tertiary/aromatic N) is 1. The number of aliphatic hydroxyl groups excluding tert-OH is 5. The maximum absolute atomic E-state index is 13.9. The van der Waals surface area contributed by atoms with Gasteiger partial charge in [0.15, 0.2) is 9.84 Å². The lowest BCUT2D eigenvalue weighted by atomic mass is 9.69. The number of hydrogen-bond donors (Lipinski definition) is 7. The van der Waals surface area contributed by atoms with Gasteiger partial charge in [-0.1, -0.05) is 45.7 Å². The van der Waals surface area contributed by atoms with Crippen molar-refractivity contribution in [3.63, 3.8) is 0 Å². The number of carbonyl (C=O) groups excluding carboxylic acids is 1. The van der Waals surface area contributed by atoms with Gasteiger partial charge in [0.2, 0.25) is 5.91 Å². The lowest BCUT2D eigenvalue weighted by Gasteiger charge is -2.39. The summed E-state index contributed by atoms with van der Waals surface area (Å²) in [6.07, 6.45) is -0.574. The quantitative estimate of drug-likeness (QED) is 0.115. The van der Waals surface area contributed by atoms with E-state index in [-0.39, 0.29) is 36.1 Å². The van der Waals surface area contributed by atoms with Crippen molar-refractivity contribution in [2.45, 2.75) is 101 Å². The molecule has 7 atom stereocenters. The van der Waals surface area contributed by atoms with E-state index >= 15 is 0 Å². The van der Waals surface area contributed by atoms with E-state index in [4.69, 9.17) is 5.11 Å². The third kappa shape index (κ3) is 9.77. The Bertz CT molecular complexity index is 1440. The highest BCUT2D eigenvalue weighted by molar-refractivity contribution is 7.91. The Morgan fingerprint density at radius 3 is 2.42 bits per heavy atom. The van der Waals surface area contributed by atoms with Gasteiger partial charge < -0.3 is 41.1 Å². The minimum atomic E-state index is -3.71. The summed E-state index contributed by atoms with van der Waals surface area (Å²) in [7, 11) is 0.0741. The molecule has 0 aromatic heterocycles. The van der Waals surface area contributed by atoms with Crippen LogP contribution in [0, 0.1) is 11.3 Å². The zero-order chi connectivity index (χ0) is 35.6. The fraction of sp³-hybridized carbons (Fsp3) is 0.639. The summed E-state index contributed by atoms with van der Waals surface area (Å²) < 4.78 is 27.8. The number of benzene rings is 2. The molecule has 1 aliphatic heterocycles. The fourth-order valence-electron chi connectivity index (χ4n) is 6.62. The first-order valence-corrected chi connectivity index (χ1v) is 18.8. The molecule has 0 radical (unpaired) electrons. The van der Waals surface area contributed by atoms with E-state index in [2.05, 4.69) is 17.6 Å². The Morgan fingerprint density at radius 1 is 1.04 bits per heavy atom. The number of rotatable bonds is 18. The van der Waals surface area contributed by atoms with Crippen molar-refractivity contribution in [2.24, 2.45) is 11.3 Å². The first-order chi connectivity index (χ1) is 22.7. The summed E-state index contributed by atoms with van der Waals surface area (Å²) in [5.74, 6) is -1.50. The zero-order valence-corrected chi connectivity index (χ0v) is 29.9. The summed E-state index contributed by atoms with van der Waals surface area (Å²) in [4.78, 5) is 15.1. The van der Waals surface area contributed by atoms with Crippen LogP contribution in [0.4, 0.5) is 11.4 Å². The Kier molecular flexibility index (Phi) is 14.9. The third-order valence-electron chi connectivity index (χ3n) is 9.84. The van der Waals surface area contributed by atoms with Crippen LogP contribution in [0.5, 0.6) is 0 Å². The van der Waals surface area contributed by atoms with Gasteiger partial charge in [-0.3, -0.25) is 4.79 Å². The van der Waals surface area contributed by atoms with E-state index in [0.717, 1.165) is 24.1 Å². The standard InChI is InChI=1S/C36H57N3O8S/c1-6-8-17-36(7-2)23-48(46,47)30-16-15-27(39(4)5)20-28(30)32(35(36)45)25-12-11-13-26(19-25)38-31(42)14-9-10-18-37-21-29(41)34(44)33(43)24(3)22-40/h11-13,15-16,19-20,24,29,32-35,37,40-41,43-45H,6-10,14,17-18,21-23H2,1-5H3,(H,38,42)/t24-,29+,32-,33-,34-,35-,36-/m1/s1. The molecule has 0 unspecified atom stereocenters. The van der Waals surface area contributed by atoms with Gasteiger partial charge >= 0.3 is 0 Å². The van der Waals surface area contributed by atoms with Crippen LogP contribution in [-0.4, -0.2) is 104 Å². The third-order valence-corrected chi connectivity index (χ3v) is 11.8. The van der Waals surface area contributed by atoms with Gasteiger partial charge in [-0.2, -0.15) is 0 Å². The monoisotopic (exact) mass is 691 g/mol. The molecule has 1 heterocycles. The Labute approximate surface area is 286 Å². The normalized spacial score (nSPS) is 23.0. The molecule has 11 nitrogen and oxygen atoms in total. The van der Waals surface area contributed by atoms with Crippen LogP contribution < -0.4 is 15.5 Å². The first kappa shape index (κ1) is 39.9. The van der Waals surface area contributed by atoms with Crippen LogP contribution in [0.25, 0.3) is 0 Å². The largest absolute Gasteiger partial charge is 0.396 e. The number of hydrogen-bond acceptors (Lipinski definition) is 10. The summed E-state index contributed by atoms with van der Waals surface area (Å²) in [5, 5.41) is 57.5. The Hall–Kier alpha value is -2.58. The summed E-state index contributed by atoms with van der Waals surface area (Å²) in [6, 6.07) is 12.6. The van der Waals surface area contributed by atoms with Gasteiger partial charge in [0, 0.05) is 62.3 Å². The molecule has 0 bridgehead atoms. The molecule has 48 heavy (non-hydrogen) atoms. The highest BCUT2D eigenvalue weighted by Crippen LogP contribution is 2.49. The molecule has 1 aliphatic rings. The van der Waals surface area contributed by atoms with Crippen molar-refractivity contribution < 1.29 is 38.7 Å². The summed E-state index contributed by atoms with van der Waals surface area (Å²) in [6.45, 7) is 5.83. The Balaban J connectivity index is 1.74. The number of sulfone groups is 1. The van der Waals surface area contributed by atoms with Gasteiger partial charge in [0.1, 0.15) is 6.10 Å². The van der Waals surface area contributed by atoms with Gasteiger partial charge in [0.05, 0.1) is 29.0 Å². The van der Waals surface area contributed by atoms with E-state index < -0.39 is 51.5 Å². The molecule has 2 aromatic rings. The molecular formula is C36H57N3O8S. The minimum absolute atomic E-state index is 0.0562. The number of amides is 1. The van der Waals surface area contributed by atoms with Gasteiger partial charge in [0.25, 0.3) is 0 Å². The molecule has 0 fully saturated rings. The second kappa shape index (κ2) is 17.9. The smallest absolute Gasteiger partial charge is 0.224 e. The van der Waals surface area contributed by atoms with Crippen LogP contribution in [0.15, 0.2) is 47.4 Å². The van der Waals surface area contributed by atoms with E-state index in [9.17, 15) is 33.6 Å². The zero-order valence-electron chi connectivity index (χ0n) is 29.1. The van der Waals surface area contributed by atoms with Crippen molar-refractivity contribution in [3.8, 4) is 0 Å². The van der Waals surface area contributed by atoms with E-state index in [1.807, 2.05) is 50.2 Å². The molecule has 0 saturated heterocycles. The van der Waals surface area contributed by atoms with Crippen molar-refractivity contribution in [3.05, 3.63) is 53.6 Å². The van der Waals surface area contributed by atoms with Crippen molar-refractivity contribution >= 4 is 27.1 Å². The predicted octanol–water partition coefficient (Wildman–Crippen LogP) is 3.03. The predicted molar refractivity (Wildman–Crippen MR) is 189 cm³/mol. The first-order valence-electron chi connectivity index (χ1n) is 17.2. The second-order valence-electron chi connectivity index (χ2n) is 13.7. The lowest BCUT2D eigenvalue weighted by Crippen LogP contribution is -2.46. The molecule has 1 amide bonds. The number of unbranched alkanes of at least 4 members (excludes halogenated alkanes) is 2. The molecule has 2 aromatic carbocycles. The summed E-state index contributed by atoms with van der Waals surface area (Å²) >= 11 is 0. The molecular weight excluding hydrogens is 634 g/mol. The highest BCUT2D eigenvalue weighted by atomic mass is 32.2. The van der Waals surface area contributed by atoms with Crippen molar-refractivity contribution in [1.82, 2.24) is 5.32 Å². The number of fused-ring (bicyclic) bond motifs is 1. The molecule has 0 spiro atoms. The highest BCUT2D eigenvalue weighted by Gasteiger charge is 2.49. The van der Waals surface area contributed by atoms with Crippen LogP contribution in [0.1, 0.15) is 82.8 Å². The Morgan fingerprint density at radius 2 is 1.77 bits per heavy atom. The van der Waals surface area contributed by atoms with Gasteiger partial charge in [-0.25, -0.2) is 8.42 Å². The van der Waals surface area contributed by atoms with Crippen LogP contribution in [0.2, 0.25) is 0 Å². The molecule has 270 valence electrons. The van der Waals surface area contributed by atoms with E-state index in [1.165, 1.54) is 0 Å². The average molecular weight is 692 g/mol. The van der Waals surface area contributed by atoms with Gasteiger partial charge in [-0.05, 0) is 73.7 Å². The minimum Gasteiger partial charge on any atom is -0.396 e. The lowest BCUT2D eigenvalue weighted by molar-refractivity contribution is -0.116. The molecule has 0 saturated carbocycles. The SMILES string of the molecule is CCCC[C@]1(CC)CS(=O)(=O)c2ccc(N(C)C)cc2[C@@H](c2cccc(NC(=O)CCCCNC[C@H](O)[C@@H](O)[C@H](O)[C@H](C)CO)c2)[C@H]1O.